The van der Waals surface area contributed by atoms with Crippen LogP contribution in [0.25, 0.3) is 16.7 Å². The van der Waals surface area contributed by atoms with E-state index in [0.29, 0.717) is 50.7 Å². The molecular weight excluding hydrogens is 524 g/mol. The highest BCUT2D eigenvalue weighted by Crippen LogP contribution is 2.40. The second-order valence-corrected chi connectivity index (χ2v) is 10.8. The number of hydrogen-bond donors (Lipinski definition) is 3. The van der Waals surface area contributed by atoms with E-state index in [1.807, 2.05) is 49.4 Å². The summed E-state index contributed by atoms with van der Waals surface area (Å²) in [5.41, 5.74) is 3.77. The number of methoxy groups -OCH3 is 2. The molecule has 0 spiro atoms. The highest BCUT2D eigenvalue weighted by Gasteiger charge is 2.39. The standard InChI is InChI=1S/C30H34N6O5/c1-18-10-25(30(40-3)8-9-41-17-30)33-27(11-18)36-24-14-26(31-16-23(24)28(35-36)20-12-21(37)13-20)34-29(38)32-15-19-4-6-22(39-2)7-5-19/h4-7,10-11,14,16,20-21,37H,8-9,12-13,15,17H2,1-3H3,(H2,31,32,34,38)/t20?,21?,30-/m0/s1. The highest BCUT2D eigenvalue weighted by molar-refractivity contribution is 5.92. The van der Waals surface area contributed by atoms with Crippen LogP contribution >= 0.6 is 0 Å². The number of nitrogens with one attached hydrogen (secondary N) is 2. The highest BCUT2D eigenvalue weighted by atomic mass is 16.5. The minimum absolute atomic E-state index is 0.125. The van der Waals surface area contributed by atoms with Crippen LogP contribution in [0, 0.1) is 6.92 Å². The number of aliphatic hydroxyl groups excluding tert-OH is 1. The molecule has 4 aromatic rings. The zero-order valence-electron chi connectivity index (χ0n) is 23.4. The topological polar surface area (TPSA) is 133 Å². The van der Waals surface area contributed by atoms with Crippen LogP contribution in [-0.4, -0.2) is 64.4 Å². The van der Waals surface area contributed by atoms with E-state index in [1.165, 1.54) is 0 Å². The van der Waals surface area contributed by atoms with Crippen molar-refractivity contribution in [2.24, 2.45) is 0 Å². The molecule has 3 aromatic heterocycles. The summed E-state index contributed by atoms with van der Waals surface area (Å²) in [5.74, 6) is 1.91. The van der Waals surface area contributed by atoms with E-state index in [-0.39, 0.29) is 18.1 Å². The number of pyridine rings is 2. The van der Waals surface area contributed by atoms with Crippen molar-refractivity contribution >= 4 is 22.8 Å². The van der Waals surface area contributed by atoms with Gasteiger partial charge in [0.05, 0.1) is 36.7 Å². The van der Waals surface area contributed by atoms with Gasteiger partial charge in [0.25, 0.3) is 0 Å². The first-order chi connectivity index (χ1) is 19.9. The lowest BCUT2D eigenvalue weighted by Gasteiger charge is -2.30. The van der Waals surface area contributed by atoms with Crippen molar-refractivity contribution in [2.45, 2.75) is 50.4 Å². The first-order valence-corrected chi connectivity index (χ1v) is 13.7. The van der Waals surface area contributed by atoms with Crippen LogP contribution in [0.2, 0.25) is 0 Å². The van der Waals surface area contributed by atoms with E-state index in [4.69, 9.17) is 24.3 Å². The van der Waals surface area contributed by atoms with Gasteiger partial charge in [-0.3, -0.25) is 5.32 Å². The Labute approximate surface area is 237 Å². The Morgan fingerprint density at radius 1 is 1.20 bits per heavy atom. The molecule has 1 aromatic carbocycles. The summed E-state index contributed by atoms with van der Waals surface area (Å²) in [7, 11) is 3.30. The monoisotopic (exact) mass is 558 g/mol. The van der Waals surface area contributed by atoms with Crippen molar-refractivity contribution in [3.63, 3.8) is 0 Å². The molecule has 11 nitrogen and oxygen atoms in total. The van der Waals surface area contributed by atoms with Gasteiger partial charge in [-0.25, -0.2) is 19.4 Å². The molecule has 2 aliphatic rings. The molecule has 4 heterocycles. The second kappa shape index (κ2) is 11.1. The molecule has 1 saturated heterocycles. The number of hydrogen-bond acceptors (Lipinski definition) is 8. The molecule has 0 unspecified atom stereocenters. The number of benzene rings is 1. The normalized spacial score (nSPS) is 22.0. The number of amides is 2. The number of fused-ring (bicyclic) bond motifs is 1. The quantitative estimate of drug-likeness (QED) is 0.296. The van der Waals surface area contributed by atoms with E-state index in [9.17, 15) is 9.90 Å². The average molecular weight is 559 g/mol. The largest absolute Gasteiger partial charge is 0.497 e. The van der Waals surface area contributed by atoms with Crippen molar-refractivity contribution in [3.8, 4) is 11.6 Å². The van der Waals surface area contributed by atoms with Gasteiger partial charge in [0.15, 0.2) is 5.82 Å². The lowest BCUT2D eigenvalue weighted by molar-refractivity contribution is -0.0246. The number of anilines is 1. The third kappa shape index (κ3) is 5.35. The van der Waals surface area contributed by atoms with E-state index in [2.05, 4.69) is 15.6 Å². The molecule has 2 amide bonds. The third-order valence-corrected chi connectivity index (χ3v) is 7.96. The maximum Gasteiger partial charge on any atom is 0.320 e. The summed E-state index contributed by atoms with van der Waals surface area (Å²) in [6, 6.07) is 12.9. The van der Waals surface area contributed by atoms with E-state index < -0.39 is 5.60 Å². The van der Waals surface area contributed by atoms with Crippen LogP contribution in [0.5, 0.6) is 5.75 Å². The van der Waals surface area contributed by atoms with Crippen LogP contribution in [0.3, 0.4) is 0 Å². The van der Waals surface area contributed by atoms with Gasteiger partial charge in [-0.1, -0.05) is 12.1 Å². The lowest BCUT2D eigenvalue weighted by Crippen LogP contribution is -2.30. The van der Waals surface area contributed by atoms with Gasteiger partial charge in [0.1, 0.15) is 17.2 Å². The zero-order chi connectivity index (χ0) is 28.6. The summed E-state index contributed by atoms with van der Waals surface area (Å²) in [6.45, 7) is 3.42. The number of rotatable bonds is 8. The Morgan fingerprint density at radius 3 is 2.68 bits per heavy atom. The van der Waals surface area contributed by atoms with Crippen LogP contribution in [0.15, 0.2) is 48.7 Å². The SMILES string of the molecule is COc1ccc(CNC(=O)Nc2cc3c(cn2)c(C2CC(O)C2)nn3-c2cc(C)cc([C@]3(OC)CCOC3)n2)cc1. The number of aliphatic hydroxyl groups is 1. The molecule has 0 bridgehead atoms. The first kappa shape index (κ1) is 27.1. The van der Waals surface area contributed by atoms with E-state index >= 15 is 0 Å². The third-order valence-electron chi connectivity index (χ3n) is 7.96. The van der Waals surface area contributed by atoms with Crippen molar-refractivity contribution in [2.75, 3.05) is 32.8 Å². The van der Waals surface area contributed by atoms with Crippen molar-refractivity contribution in [3.05, 3.63) is 71.2 Å². The van der Waals surface area contributed by atoms with Gasteiger partial charge >= 0.3 is 6.03 Å². The maximum atomic E-state index is 12.7. The van der Waals surface area contributed by atoms with Gasteiger partial charge in [-0.15, -0.1) is 0 Å². The molecule has 41 heavy (non-hydrogen) atoms. The Hall–Kier alpha value is -4.06. The average Bonchev–Trinajstić information content (AvgIpc) is 3.60. The summed E-state index contributed by atoms with van der Waals surface area (Å²) in [5, 5.41) is 21.5. The van der Waals surface area contributed by atoms with Crippen LogP contribution < -0.4 is 15.4 Å². The van der Waals surface area contributed by atoms with E-state index in [0.717, 1.165) is 39.2 Å². The number of urea groups is 1. The predicted octanol–water partition coefficient (Wildman–Crippen LogP) is 3.95. The number of carbonyl (C=O) groups is 1. The number of ether oxygens (including phenoxy) is 3. The minimum Gasteiger partial charge on any atom is -0.497 e. The Morgan fingerprint density at radius 2 is 2.00 bits per heavy atom. The Bertz CT molecular complexity index is 1560. The molecule has 1 saturated carbocycles. The fraction of sp³-hybridized carbons (Fsp3) is 0.400. The first-order valence-electron chi connectivity index (χ1n) is 13.7. The molecule has 2 fully saturated rings. The van der Waals surface area contributed by atoms with Crippen LogP contribution in [0.4, 0.5) is 10.6 Å². The van der Waals surface area contributed by atoms with Crippen molar-refractivity contribution < 1.29 is 24.1 Å². The summed E-state index contributed by atoms with van der Waals surface area (Å²) >= 11 is 0. The number of carbonyl (C=O) groups excluding carboxylic acids is 1. The van der Waals surface area contributed by atoms with Gasteiger partial charge in [-0.05, 0) is 55.2 Å². The lowest BCUT2D eigenvalue weighted by atomic mass is 9.79. The Balaban J connectivity index is 1.31. The van der Waals surface area contributed by atoms with Crippen molar-refractivity contribution in [1.29, 1.82) is 0 Å². The van der Waals surface area contributed by atoms with Gasteiger partial charge in [0, 0.05) is 50.2 Å². The Kier molecular flexibility index (Phi) is 7.33. The summed E-state index contributed by atoms with van der Waals surface area (Å²) in [4.78, 5) is 22.2. The van der Waals surface area contributed by atoms with Crippen LogP contribution in [0.1, 0.15) is 47.7 Å². The summed E-state index contributed by atoms with van der Waals surface area (Å²) in [6.07, 6.45) is 3.42. The fourth-order valence-corrected chi connectivity index (χ4v) is 5.48. The van der Waals surface area contributed by atoms with Crippen LogP contribution in [-0.2, 0) is 21.6 Å². The molecule has 6 rings (SSSR count). The van der Waals surface area contributed by atoms with E-state index in [1.54, 1.807) is 25.1 Å². The number of aromatic nitrogens is 4. The molecule has 214 valence electrons. The molecule has 1 atom stereocenters. The zero-order valence-corrected chi connectivity index (χ0v) is 23.4. The van der Waals surface area contributed by atoms with Gasteiger partial charge in [0.2, 0.25) is 0 Å². The number of aryl methyl sites for hydroxylation is 1. The molecular formula is C30H34N6O5. The second-order valence-electron chi connectivity index (χ2n) is 10.8. The number of nitrogens with zero attached hydrogens (tertiary/aromatic N) is 4. The fourth-order valence-electron chi connectivity index (χ4n) is 5.48. The van der Waals surface area contributed by atoms with Gasteiger partial charge in [-0.2, -0.15) is 5.10 Å². The molecule has 1 aliphatic heterocycles. The summed E-state index contributed by atoms with van der Waals surface area (Å²) < 4.78 is 18.6. The molecule has 11 heteroatoms. The molecule has 1 aliphatic carbocycles. The van der Waals surface area contributed by atoms with Crippen molar-refractivity contribution in [1.82, 2.24) is 25.1 Å². The maximum absolute atomic E-state index is 12.7. The minimum atomic E-state index is -0.610. The van der Waals surface area contributed by atoms with Gasteiger partial charge < -0.3 is 24.6 Å². The predicted molar refractivity (Wildman–Crippen MR) is 152 cm³/mol. The molecule has 0 radical (unpaired) electrons. The smallest absolute Gasteiger partial charge is 0.320 e. The molecule has 3 N–H and O–H groups in total.